The van der Waals surface area contributed by atoms with Crippen molar-refractivity contribution in [1.29, 1.82) is 0 Å². The summed E-state index contributed by atoms with van der Waals surface area (Å²) in [5.41, 5.74) is 1.05. The topological polar surface area (TPSA) is 55.2 Å². The molecule has 1 fully saturated rings. The Labute approximate surface area is 89.3 Å². The van der Waals surface area contributed by atoms with Crippen molar-refractivity contribution in [2.45, 2.75) is 25.9 Å². The Hall–Kier alpha value is -1.00. The highest BCUT2D eigenvalue weighted by Gasteiger charge is 2.24. The van der Waals surface area contributed by atoms with Gasteiger partial charge in [0, 0.05) is 31.3 Å². The number of hydrogen-bond acceptors (Lipinski definition) is 4. The quantitative estimate of drug-likeness (QED) is 0.778. The van der Waals surface area contributed by atoms with Gasteiger partial charge in [0.1, 0.15) is 5.82 Å². The minimum Gasteiger partial charge on any atom is -0.393 e. The second kappa shape index (κ2) is 4.68. The van der Waals surface area contributed by atoms with E-state index in [1.54, 1.807) is 12.4 Å². The molecule has 15 heavy (non-hydrogen) atoms. The second-order valence-electron chi connectivity index (χ2n) is 4.07. The van der Waals surface area contributed by atoms with Crippen LogP contribution in [-0.2, 0) is 11.2 Å². The van der Waals surface area contributed by atoms with Crippen molar-refractivity contribution >= 4 is 0 Å². The Morgan fingerprint density at radius 3 is 2.87 bits per heavy atom. The lowest BCUT2D eigenvalue weighted by molar-refractivity contribution is -0.0357. The number of aliphatic hydroxyl groups excluding tert-OH is 1. The summed E-state index contributed by atoms with van der Waals surface area (Å²) in [5, 5.41) is 9.75. The lowest BCUT2D eigenvalue weighted by atomic mass is 9.95. The van der Waals surface area contributed by atoms with Crippen molar-refractivity contribution in [1.82, 2.24) is 9.97 Å². The number of aliphatic hydroxyl groups is 1. The maximum atomic E-state index is 9.75. The van der Waals surface area contributed by atoms with Crippen LogP contribution in [-0.4, -0.2) is 34.4 Å². The molecule has 0 amide bonds. The van der Waals surface area contributed by atoms with Gasteiger partial charge in [-0.15, -0.1) is 0 Å². The molecule has 1 aliphatic heterocycles. The van der Waals surface area contributed by atoms with E-state index < -0.39 is 0 Å². The maximum absolute atomic E-state index is 9.75. The third-order valence-electron chi connectivity index (χ3n) is 2.71. The molecule has 0 unspecified atom stereocenters. The molecule has 1 aliphatic rings. The van der Waals surface area contributed by atoms with Crippen LogP contribution in [0.5, 0.6) is 0 Å². The van der Waals surface area contributed by atoms with Crippen molar-refractivity contribution in [3.63, 3.8) is 0 Å². The maximum Gasteiger partial charge on any atom is 0.128 e. The summed E-state index contributed by atoms with van der Waals surface area (Å²) in [7, 11) is 0. The fourth-order valence-electron chi connectivity index (χ4n) is 1.74. The predicted molar refractivity (Wildman–Crippen MR) is 55.4 cm³/mol. The van der Waals surface area contributed by atoms with Crippen molar-refractivity contribution in [2.75, 3.05) is 13.2 Å². The van der Waals surface area contributed by atoms with E-state index in [1.807, 2.05) is 6.92 Å². The van der Waals surface area contributed by atoms with Crippen molar-refractivity contribution in [3.05, 3.63) is 23.8 Å². The molecule has 0 bridgehead atoms. The van der Waals surface area contributed by atoms with Gasteiger partial charge in [-0.2, -0.15) is 0 Å². The summed E-state index contributed by atoms with van der Waals surface area (Å²) in [4.78, 5) is 8.46. The molecule has 0 radical (unpaired) electrons. The lowest BCUT2D eigenvalue weighted by Crippen LogP contribution is -2.33. The van der Waals surface area contributed by atoms with Crippen LogP contribution in [0.3, 0.4) is 0 Å². The zero-order valence-corrected chi connectivity index (χ0v) is 8.89. The Bertz CT molecular complexity index is 313. The van der Waals surface area contributed by atoms with Gasteiger partial charge in [-0.05, 0) is 18.9 Å². The molecular weight excluding hydrogens is 192 g/mol. The molecule has 1 saturated heterocycles. The molecule has 2 atom stereocenters. The van der Waals surface area contributed by atoms with Crippen LogP contribution in [0, 0.1) is 12.8 Å². The van der Waals surface area contributed by atoms with Crippen LogP contribution in [0.1, 0.15) is 17.8 Å². The highest BCUT2D eigenvalue weighted by molar-refractivity contribution is 5.02. The van der Waals surface area contributed by atoms with Gasteiger partial charge in [0.2, 0.25) is 0 Å². The fraction of sp³-hybridized carbons (Fsp3) is 0.636. The summed E-state index contributed by atoms with van der Waals surface area (Å²) in [5.74, 6) is 0.927. The van der Waals surface area contributed by atoms with E-state index in [0.717, 1.165) is 17.8 Å². The van der Waals surface area contributed by atoms with E-state index in [-0.39, 0.29) is 12.0 Å². The average molecular weight is 208 g/mol. The minimum absolute atomic E-state index is 0.140. The summed E-state index contributed by atoms with van der Waals surface area (Å²) in [6.45, 7) is 3.23. The van der Waals surface area contributed by atoms with Gasteiger partial charge in [0.05, 0.1) is 12.7 Å². The number of aromatic nitrogens is 2. The summed E-state index contributed by atoms with van der Waals surface area (Å²) >= 11 is 0. The molecular formula is C11H16N2O2. The van der Waals surface area contributed by atoms with Gasteiger partial charge in [0.25, 0.3) is 0 Å². The lowest BCUT2D eigenvalue weighted by Gasteiger charge is -2.26. The molecule has 0 saturated carbocycles. The van der Waals surface area contributed by atoms with Gasteiger partial charge in [-0.25, -0.2) is 9.97 Å². The van der Waals surface area contributed by atoms with E-state index in [9.17, 15) is 5.11 Å². The van der Waals surface area contributed by atoms with Gasteiger partial charge in [-0.1, -0.05) is 0 Å². The Morgan fingerprint density at radius 2 is 2.20 bits per heavy atom. The molecule has 1 aromatic heterocycles. The summed E-state index contributed by atoms with van der Waals surface area (Å²) in [6, 6.07) is 0. The highest BCUT2D eigenvalue weighted by atomic mass is 16.5. The molecule has 2 heterocycles. The zero-order chi connectivity index (χ0) is 10.7. The van der Waals surface area contributed by atoms with Crippen LogP contribution >= 0.6 is 0 Å². The Kier molecular flexibility index (Phi) is 3.28. The van der Waals surface area contributed by atoms with Crippen LogP contribution in [0.2, 0.25) is 0 Å². The smallest absolute Gasteiger partial charge is 0.128 e. The molecule has 2 rings (SSSR count). The molecule has 0 aromatic carbocycles. The predicted octanol–water partition coefficient (Wildman–Crippen LogP) is 0.725. The monoisotopic (exact) mass is 208 g/mol. The first-order chi connectivity index (χ1) is 7.25. The molecule has 1 N–H and O–H groups in total. The molecule has 0 spiro atoms. The van der Waals surface area contributed by atoms with E-state index in [4.69, 9.17) is 4.74 Å². The third-order valence-corrected chi connectivity index (χ3v) is 2.71. The number of nitrogens with zero attached hydrogens (tertiary/aromatic N) is 2. The van der Waals surface area contributed by atoms with Crippen molar-refractivity contribution in [2.24, 2.45) is 5.92 Å². The van der Waals surface area contributed by atoms with Gasteiger partial charge in [-0.3, -0.25) is 0 Å². The van der Waals surface area contributed by atoms with Crippen LogP contribution in [0.25, 0.3) is 0 Å². The first-order valence-electron chi connectivity index (χ1n) is 5.29. The van der Waals surface area contributed by atoms with Crippen molar-refractivity contribution < 1.29 is 9.84 Å². The Morgan fingerprint density at radius 1 is 1.47 bits per heavy atom. The highest BCUT2D eigenvalue weighted by Crippen LogP contribution is 2.17. The minimum atomic E-state index is -0.274. The van der Waals surface area contributed by atoms with Gasteiger partial charge < -0.3 is 9.84 Å². The summed E-state index contributed by atoms with van der Waals surface area (Å²) in [6.07, 6.45) is 4.75. The average Bonchev–Trinajstić information content (AvgIpc) is 2.25. The molecule has 1 aromatic rings. The largest absolute Gasteiger partial charge is 0.393 e. The fourth-order valence-corrected chi connectivity index (χ4v) is 1.74. The number of rotatable bonds is 2. The molecule has 4 heteroatoms. The van der Waals surface area contributed by atoms with Gasteiger partial charge >= 0.3 is 0 Å². The van der Waals surface area contributed by atoms with Crippen LogP contribution < -0.4 is 0 Å². The number of hydrogen-bond donors (Lipinski definition) is 1. The van der Waals surface area contributed by atoms with E-state index in [2.05, 4.69) is 9.97 Å². The van der Waals surface area contributed by atoms with Gasteiger partial charge in [0.15, 0.2) is 0 Å². The van der Waals surface area contributed by atoms with E-state index in [0.29, 0.717) is 19.6 Å². The second-order valence-corrected chi connectivity index (χ2v) is 4.07. The SMILES string of the molecule is Cc1cnc(C[C@@H]2COCC[C@H]2O)nc1. The van der Waals surface area contributed by atoms with Crippen molar-refractivity contribution in [3.8, 4) is 0 Å². The summed E-state index contributed by atoms with van der Waals surface area (Å²) < 4.78 is 5.33. The normalized spacial score (nSPS) is 26.5. The van der Waals surface area contributed by atoms with Crippen LogP contribution in [0.15, 0.2) is 12.4 Å². The van der Waals surface area contributed by atoms with E-state index >= 15 is 0 Å². The third kappa shape index (κ3) is 2.73. The molecule has 4 nitrogen and oxygen atoms in total. The van der Waals surface area contributed by atoms with E-state index in [1.165, 1.54) is 0 Å². The number of aryl methyl sites for hydroxylation is 1. The first kappa shape index (κ1) is 10.5. The molecule has 0 aliphatic carbocycles. The molecule has 82 valence electrons. The standard InChI is InChI=1S/C11H16N2O2/c1-8-5-12-11(13-6-8)4-9-7-15-3-2-10(9)14/h5-6,9-10,14H,2-4,7H2,1H3/t9-,10-/m1/s1. The first-order valence-corrected chi connectivity index (χ1v) is 5.29. The Balaban J connectivity index is 1.98. The number of ether oxygens (including phenoxy) is 1. The van der Waals surface area contributed by atoms with Crippen LogP contribution in [0.4, 0.5) is 0 Å². The zero-order valence-electron chi connectivity index (χ0n) is 8.89.